The van der Waals surface area contributed by atoms with Crippen LogP contribution in [0.2, 0.25) is 0 Å². The molecule has 2 N–H and O–H groups in total. The highest BCUT2D eigenvalue weighted by molar-refractivity contribution is 9.10. The van der Waals surface area contributed by atoms with Crippen LogP contribution in [0.5, 0.6) is 0 Å². The van der Waals surface area contributed by atoms with Gasteiger partial charge in [0.15, 0.2) is 5.13 Å². The zero-order valence-corrected chi connectivity index (χ0v) is 17.8. The number of aromatic nitrogens is 1. The number of carbonyl (C=O) groups excluding carboxylic acids is 2. The molecule has 0 bridgehead atoms. The van der Waals surface area contributed by atoms with E-state index in [2.05, 4.69) is 31.5 Å². The van der Waals surface area contributed by atoms with Crippen molar-refractivity contribution >= 4 is 55.5 Å². The number of anilines is 1. The minimum atomic E-state index is -0.184. The van der Waals surface area contributed by atoms with Crippen LogP contribution < -0.4 is 10.6 Å². The number of amides is 2. The number of nitrogens with zero attached hydrogens (tertiary/aromatic N) is 1. The normalized spacial score (nSPS) is 11.8. The van der Waals surface area contributed by atoms with Gasteiger partial charge in [0.2, 0.25) is 5.91 Å². The van der Waals surface area contributed by atoms with Crippen molar-refractivity contribution in [3.63, 3.8) is 0 Å². The first kappa shape index (κ1) is 19.7. The van der Waals surface area contributed by atoms with Gasteiger partial charge in [-0.15, -0.1) is 22.7 Å². The summed E-state index contributed by atoms with van der Waals surface area (Å²) < 4.78 is 1.01. The summed E-state index contributed by atoms with van der Waals surface area (Å²) >= 11 is 6.11. The van der Waals surface area contributed by atoms with Crippen molar-refractivity contribution in [2.24, 2.45) is 0 Å². The van der Waals surface area contributed by atoms with Crippen molar-refractivity contribution in [2.75, 3.05) is 5.32 Å². The van der Waals surface area contributed by atoms with Gasteiger partial charge in [0, 0.05) is 9.85 Å². The highest BCUT2D eigenvalue weighted by Crippen LogP contribution is 2.21. The summed E-state index contributed by atoms with van der Waals surface area (Å²) in [4.78, 5) is 29.4. The number of halogens is 1. The Morgan fingerprint density at radius 1 is 1.19 bits per heavy atom. The predicted octanol–water partition coefficient (Wildman–Crippen LogP) is 5.03. The maximum atomic E-state index is 12.4. The van der Waals surface area contributed by atoms with E-state index in [1.807, 2.05) is 42.6 Å². The molecule has 27 heavy (non-hydrogen) atoms. The van der Waals surface area contributed by atoms with Gasteiger partial charge >= 0.3 is 0 Å². The summed E-state index contributed by atoms with van der Waals surface area (Å²) in [5, 5.41) is 9.95. The molecule has 0 spiro atoms. The second kappa shape index (κ2) is 9.25. The molecule has 0 radical (unpaired) electrons. The van der Waals surface area contributed by atoms with Crippen LogP contribution in [0.1, 0.15) is 40.3 Å². The second-order valence-electron chi connectivity index (χ2n) is 5.83. The van der Waals surface area contributed by atoms with E-state index >= 15 is 0 Å². The molecule has 5 nitrogen and oxygen atoms in total. The minimum absolute atomic E-state index is 0.0396. The molecule has 0 aliphatic carbocycles. The molecule has 8 heteroatoms. The van der Waals surface area contributed by atoms with Crippen molar-refractivity contribution in [2.45, 2.75) is 25.8 Å². The Balaban J connectivity index is 1.57. The Labute approximate surface area is 174 Å². The summed E-state index contributed by atoms with van der Waals surface area (Å²) in [5.74, 6) is -0.275. The fourth-order valence-electron chi connectivity index (χ4n) is 2.54. The molecule has 0 fully saturated rings. The van der Waals surface area contributed by atoms with Gasteiger partial charge in [-0.2, -0.15) is 0 Å². The number of hydrogen-bond acceptors (Lipinski definition) is 5. The van der Waals surface area contributed by atoms with Crippen LogP contribution in [0.4, 0.5) is 5.13 Å². The summed E-state index contributed by atoms with van der Waals surface area (Å²) in [6.07, 6.45) is 0.977. The zero-order chi connectivity index (χ0) is 19.2. The van der Waals surface area contributed by atoms with Crippen molar-refractivity contribution < 1.29 is 9.59 Å². The molecule has 1 aromatic carbocycles. The highest BCUT2D eigenvalue weighted by Gasteiger charge is 2.15. The van der Waals surface area contributed by atoms with E-state index in [1.54, 1.807) is 11.4 Å². The monoisotopic (exact) mass is 463 g/mol. The fraction of sp³-hybridized carbons (Fsp3) is 0.211. The lowest BCUT2D eigenvalue weighted by molar-refractivity contribution is -0.121. The maximum absolute atomic E-state index is 12.4. The molecule has 1 atom stereocenters. The molecule has 2 aromatic heterocycles. The van der Waals surface area contributed by atoms with Gasteiger partial charge in [0.25, 0.3) is 5.91 Å². The smallest absolute Gasteiger partial charge is 0.267 e. The molecule has 3 aromatic rings. The van der Waals surface area contributed by atoms with Crippen molar-refractivity contribution in [1.29, 1.82) is 0 Å². The topological polar surface area (TPSA) is 71.1 Å². The van der Waals surface area contributed by atoms with E-state index in [-0.39, 0.29) is 24.3 Å². The van der Waals surface area contributed by atoms with Gasteiger partial charge in [0.1, 0.15) is 0 Å². The SMILES string of the molecule is CCC(NC(=O)Cc1csc(NC(=O)c2cccs2)n1)c1ccc(Br)cc1. The summed E-state index contributed by atoms with van der Waals surface area (Å²) in [5.41, 5.74) is 1.71. The minimum Gasteiger partial charge on any atom is -0.349 e. The molecular weight excluding hydrogens is 446 g/mol. The Morgan fingerprint density at radius 3 is 2.63 bits per heavy atom. The van der Waals surface area contributed by atoms with E-state index in [4.69, 9.17) is 0 Å². The van der Waals surface area contributed by atoms with Crippen LogP contribution in [0, 0.1) is 0 Å². The first-order valence-corrected chi connectivity index (χ1v) is 10.9. The van der Waals surface area contributed by atoms with Gasteiger partial charge in [-0.3, -0.25) is 14.9 Å². The summed E-state index contributed by atoms with van der Waals surface area (Å²) in [7, 11) is 0. The molecule has 0 aliphatic heterocycles. The Hall–Kier alpha value is -2.03. The van der Waals surface area contributed by atoms with Crippen LogP contribution in [0.25, 0.3) is 0 Å². The standard InChI is InChI=1S/C19H18BrN3O2S2/c1-2-15(12-5-7-13(20)8-6-12)22-17(24)10-14-11-27-19(21-14)23-18(25)16-4-3-9-26-16/h3-9,11,15H,2,10H2,1H3,(H,22,24)(H,21,23,25). The summed E-state index contributed by atoms with van der Waals surface area (Å²) in [6.45, 7) is 2.04. The number of rotatable bonds is 7. The van der Waals surface area contributed by atoms with E-state index in [0.29, 0.717) is 15.7 Å². The predicted molar refractivity (Wildman–Crippen MR) is 113 cm³/mol. The highest BCUT2D eigenvalue weighted by atomic mass is 79.9. The molecule has 2 heterocycles. The molecule has 0 aliphatic rings. The lowest BCUT2D eigenvalue weighted by Gasteiger charge is -2.17. The van der Waals surface area contributed by atoms with Gasteiger partial charge in [0.05, 0.1) is 23.0 Å². The number of thiazole rings is 1. The first-order valence-electron chi connectivity index (χ1n) is 8.39. The first-order chi connectivity index (χ1) is 13.0. The molecule has 3 rings (SSSR count). The summed E-state index contributed by atoms with van der Waals surface area (Å²) in [6, 6.07) is 11.5. The van der Waals surface area contributed by atoms with Gasteiger partial charge in [-0.25, -0.2) is 4.98 Å². The van der Waals surface area contributed by atoms with Crippen LogP contribution in [-0.2, 0) is 11.2 Å². The van der Waals surface area contributed by atoms with E-state index in [1.165, 1.54) is 22.7 Å². The number of hydrogen-bond donors (Lipinski definition) is 2. The molecule has 2 amide bonds. The van der Waals surface area contributed by atoms with Crippen molar-refractivity contribution in [3.8, 4) is 0 Å². The van der Waals surface area contributed by atoms with Crippen molar-refractivity contribution in [3.05, 3.63) is 67.8 Å². The van der Waals surface area contributed by atoms with Crippen molar-refractivity contribution in [1.82, 2.24) is 10.3 Å². The number of carbonyl (C=O) groups is 2. The number of nitrogens with one attached hydrogen (secondary N) is 2. The molecule has 1 unspecified atom stereocenters. The Bertz CT molecular complexity index is 907. The number of thiophene rings is 1. The third kappa shape index (κ3) is 5.47. The fourth-order valence-corrected chi connectivity index (χ4v) is 4.13. The van der Waals surface area contributed by atoms with Crippen LogP contribution in [0.15, 0.2) is 51.6 Å². The van der Waals surface area contributed by atoms with Crippen LogP contribution in [-0.4, -0.2) is 16.8 Å². The number of benzene rings is 1. The molecule has 0 saturated heterocycles. The quantitative estimate of drug-likeness (QED) is 0.515. The molecular formula is C19H18BrN3O2S2. The third-order valence-electron chi connectivity index (χ3n) is 3.87. The lowest BCUT2D eigenvalue weighted by atomic mass is 10.0. The van der Waals surface area contributed by atoms with Gasteiger partial charge in [-0.1, -0.05) is 41.1 Å². The van der Waals surface area contributed by atoms with Gasteiger partial charge in [-0.05, 0) is 35.6 Å². The molecule has 0 saturated carbocycles. The molecule has 140 valence electrons. The maximum Gasteiger partial charge on any atom is 0.267 e. The third-order valence-corrected chi connectivity index (χ3v) is 6.08. The zero-order valence-electron chi connectivity index (χ0n) is 14.6. The Morgan fingerprint density at radius 2 is 1.96 bits per heavy atom. The van der Waals surface area contributed by atoms with E-state index in [9.17, 15) is 9.59 Å². The average Bonchev–Trinajstić information content (AvgIpc) is 3.33. The Kier molecular flexibility index (Phi) is 6.76. The van der Waals surface area contributed by atoms with E-state index < -0.39 is 0 Å². The second-order valence-corrected chi connectivity index (χ2v) is 8.55. The van der Waals surface area contributed by atoms with E-state index in [0.717, 1.165) is 16.5 Å². The lowest BCUT2D eigenvalue weighted by Crippen LogP contribution is -2.29. The largest absolute Gasteiger partial charge is 0.349 e. The van der Waals surface area contributed by atoms with Gasteiger partial charge < -0.3 is 5.32 Å². The van der Waals surface area contributed by atoms with Crippen LogP contribution >= 0.6 is 38.6 Å². The van der Waals surface area contributed by atoms with Crippen LogP contribution in [0.3, 0.4) is 0 Å². The average molecular weight is 464 g/mol.